The highest BCUT2D eigenvalue weighted by Gasteiger charge is 2.24. The average Bonchev–Trinajstić information content (AvgIpc) is 2.80. The molecule has 3 aromatic heterocycles. The number of nitriles is 1. The number of aryl methyl sites for hydroxylation is 1. The van der Waals surface area contributed by atoms with Crippen molar-refractivity contribution >= 4 is 11.8 Å². The van der Waals surface area contributed by atoms with Crippen molar-refractivity contribution in [2.24, 2.45) is 0 Å². The predicted molar refractivity (Wildman–Crippen MR) is 111 cm³/mol. The van der Waals surface area contributed by atoms with Crippen molar-refractivity contribution in [1.29, 1.82) is 5.26 Å². The third-order valence-corrected chi connectivity index (χ3v) is 4.88. The van der Waals surface area contributed by atoms with E-state index in [0.717, 1.165) is 10.2 Å². The SMILES string of the molecule is [C-]#[N+]c1ccc(-n2nc(C#N)c(OC3CCN(c4ncc(C)cn4)CC3)cc2=O)cn1. The molecule has 0 aromatic carbocycles. The van der Waals surface area contributed by atoms with Gasteiger partial charge < -0.3 is 14.5 Å². The van der Waals surface area contributed by atoms with Gasteiger partial charge in [-0.05, 0) is 24.6 Å². The number of hydrogen-bond acceptors (Lipinski definition) is 8. The number of ether oxygens (including phenoxy) is 1. The van der Waals surface area contributed by atoms with Crippen LogP contribution in [-0.4, -0.2) is 43.9 Å². The molecule has 4 rings (SSSR count). The fourth-order valence-corrected chi connectivity index (χ4v) is 3.26. The maximum atomic E-state index is 12.6. The number of anilines is 1. The van der Waals surface area contributed by atoms with Gasteiger partial charge in [-0.3, -0.25) is 4.79 Å². The zero-order valence-electron chi connectivity index (χ0n) is 16.8. The molecule has 0 amide bonds. The van der Waals surface area contributed by atoms with Crippen molar-refractivity contribution in [2.45, 2.75) is 25.9 Å². The Hall–Kier alpha value is -4.31. The monoisotopic (exact) mass is 414 g/mol. The van der Waals surface area contributed by atoms with Crippen LogP contribution in [-0.2, 0) is 0 Å². The van der Waals surface area contributed by atoms with Crippen LogP contribution in [0.25, 0.3) is 10.5 Å². The molecular weight excluding hydrogens is 396 g/mol. The molecule has 4 heterocycles. The topological polar surface area (TPSA) is 114 Å². The molecule has 10 nitrogen and oxygen atoms in total. The summed E-state index contributed by atoms with van der Waals surface area (Å²) in [5, 5.41) is 13.6. The van der Waals surface area contributed by atoms with Crippen LogP contribution < -0.4 is 15.2 Å². The third-order valence-electron chi connectivity index (χ3n) is 4.88. The van der Waals surface area contributed by atoms with Crippen LogP contribution in [0.2, 0.25) is 0 Å². The summed E-state index contributed by atoms with van der Waals surface area (Å²) in [6.45, 7) is 10.3. The molecule has 0 bridgehead atoms. The number of hydrogen-bond donors (Lipinski definition) is 0. The van der Waals surface area contributed by atoms with Gasteiger partial charge in [-0.15, -0.1) is 10.1 Å². The number of piperidine rings is 1. The molecule has 0 saturated carbocycles. The summed E-state index contributed by atoms with van der Waals surface area (Å²) in [6, 6.07) is 6.30. The maximum absolute atomic E-state index is 12.6. The van der Waals surface area contributed by atoms with Crippen LogP contribution in [0, 0.1) is 24.8 Å². The average molecular weight is 414 g/mol. The first-order valence-electron chi connectivity index (χ1n) is 9.66. The maximum Gasteiger partial charge on any atom is 0.275 e. The fraction of sp³-hybridized carbons (Fsp3) is 0.286. The van der Waals surface area contributed by atoms with Gasteiger partial charge in [0.05, 0.1) is 6.07 Å². The van der Waals surface area contributed by atoms with Crippen molar-refractivity contribution < 1.29 is 4.74 Å². The zero-order valence-corrected chi connectivity index (χ0v) is 16.8. The van der Waals surface area contributed by atoms with E-state index in [4.69, 9.17) is 11.3 Å². The molecule has 1 fully saturated rings. The van der Waals surface area contributed by atoms with Crippen LogP contribution in [0.5, 0.6) is 5.75 Å². The Bertz CT molecular complexity index is 1210. The molecule has 0 spiro atoms. The summed E-state index contributed by atoms with van der Waals surface area (Å²) in [6.07, 6.45) is 6.20. The highest BCUT2D eigenvalue weighted by atomic mass is 16.5. The Kier molecular flexibility index (Phi) is 5.54. The van der Waals surface area contributed by atoms with Crippen LogP contribution in [0.4, 0.5) is 11.8 Å². The second-order valence-corrected chi connectivity index (χ2v) is 7.07. The van der Waals surface area contributed by atoms with Crippen molar-refractivity contribution in [2.75, 3.05) is 18.0 Å². The molecule has 0 atom stereocenters. The Morgan fingerprint density at radius 1 is 1.19 bits per heavy atom. The minimum absolute atomic E-state index is 0.0122. The summed E-state index contributed by atoms with van der Waals surface area (Å²) in [5.74, 6) is 1.06. The van der Waals surface area contributed by atoms with Crippen LogP contribution in [0.15, 0.2) is 41.6 Å². The van der Waals surface area contributed by atoms with Crippen LogP contribution in [0.3, 0.4) is 0 Å². The van der Waals surface area contributed by atoms with E-state index in [9.17, 15) is 10.1 Å². The van der Waals surface area contributed by atoms with Gasteiger partial charge in [0.25, 0.3) is 11.4 Å². The molecule has 1 aliphatic heterocycles. The Balaban J connectivity index is 1.48. The lowest BCUT2D eigenvalue weighted by atomic mass is 10.1. The minimum Gasteiger partial charge on any atom is -0.487 e. The van der Waals surface area contributed by atoms with Crippen molar-refractivity contribution in [3.05, 3.63) is 69.8 Å². The lowest BCUT2D eigenvalue weighted by molar-refractivity contribution is 0.168. The molecule has 154 valence electrons. The largest absolute Gasteiger partial charge is 0.487 e. The Morgan fingerprint density at radius 3 is 2.55 bits per heavy atom. The summed E-state index contributed by atoms with van der Waals surface area (Å²) in [4.78, 5) is 30.5. The van der Waals surface area contributed by atoms with Gasteiger partial charge >= 0.3 is 0 Å². The first-order chi connectivity index (χ1) is 15.1. The van der Waals surface area contributed by atoms with Crippen molar-refractivity contribution in [3.63, 3.8) is 0 Å². The first kappa shape index (κ1) is 20.0. The molecule has 1 saturated heterocycles. The third kappa shape index (κ3) is 4.33. The molecular formula is C21H18N8O2. The van der Waals surface area contributed by atoms with Crippen molar-refractivity contribution in [1.82, 2.24) is 24.7 Å². The van der Waals surface area contributed by atoms with Gasteiger partial charge in [-0.25, -0.2) is 9.97 Å². The fourth-order valence-electron chi connectivity index (χ4n) is 3.26. The molecule has 0 N–H and O–H groups in total. The van der Waals surface area contributed by atoms with E-state index in [1.807, 2.05) is 13.0 Å². The summed E-state index contributed by atoms with van der Waals surface area (Å²) < 4.78 is 7.04. The van der Waals surface area contributed by atoms with Gasteiger partial charge in [-0.1, -0.05) is 6.57 Å². The Morgan fingerprint density at radius 2 is 1.94 bits per heavy atom. The molecule has 0 radical (unpaired) electrons. The van der Waals surface area contributed by atoms with E-state index in [0.29, 0.717) is 37.6 Å². The van der Waals surface area contributed by atoms with Gasteiger partial charge in [0.15, 0.2) is 5.75 Å². The molecule has 0 aliphatic carbocycles. The van der Waals surface area contributed by atoms with E-state index < -0.39 is 5.56 Å². The van der Waals surface area contributed by atoms with E-state index in [1.54, 1.807) is 18.5 Å². The summed E-state index contributed by atoms with van der Waals surface area (Å²) in [7, 11) is 0. The highest BCUT2D eigenvalue weighted by Crippen LogP contribution is 2.22. The quantitative estimate of drug-likeness (QED) is 0.597. The number of rotatable bonds is 4. The van der Waals surface area contributed by atoms with Gasteiger partial charge in [-0.2, -0.15) is 9.94 Å². The lowest BCUT2D eigenvalue weighted by Gasteiger charge is -2.32. The smallest absolute Gasteiger partial charge is 0.275 e. The van der Waals surface area contributed by atoms with E-state index >= 15 is 0 Å². The number of pyridine rings is 1. The normalized spacial score (nSPS) is 14.0. The first-order valence-corrected chi connectivity index (χ1v) is 9.66. The van der Waals surface area contributed by atoms with Crippen LogP contribution in [0.1, 0.15) is 24.1 Å². The zero-order chi connectivity index (χ0) is 21.8. The number of nitrogens with zero attached hydrogens (tertiary/aromatic N) is 8. The molecule has 0 unspecified atom stereocenters. The van der Waals surface area contributed by atoms with E-state index in [-0.39, 0.29) is 23.4 Å². The Labute approximate surface area is 178 Å². The van der Waals surface area contributed by atoms with Crippen LogP contribution >= 0.6 is 0 Å². The second-order valence-electron chi connectivity index (χ2n) is 7.07. The molecule has 1 aliphatic rings. The van der Waals surface area contributed by atoms with Gasteiger partial charge in [0, 0.05) is 38.3 Å². The van der Waals surface area contributed by atoms with Gasteiger partial charge in [0.2, 0.25) is 11.6 Å². The summed E-state index contributed by atoms with van der Waals surface area (Å²) >= 11 is 0. The molecule has 31 heavy (non-hydrogen) atoms. The van der Waals surface area contributed by atoms with E-state index in [2.05, 4.69) is 29.8 Å². The molecule has 10 heteroatoms. The minimum atomic E-state index is -0.447. The predicted octanol–water partition coefficient (Wildman–Crippen LogP) is 2.20. The van der Waals surface area contributed by atoms with Crippen molar-refractivity contribution in [3.8, 4) is 17.5 Å². The lowest BCUT2D eigenvalue weighted by Crippen LogP contribution is -2.39. The standard InChI is InChI=1S/C21H18N8O2/c1-14-11-25-21(26-12-14)28-7-5-16(6-8-28)31-18-9-20(30)29(27-17(18)10-22)15-3-4-19(23-2)24-13-15/h3-4,9,11-13,16H,5-8H2,1H3. The molecule has 3 aromatic rings. The second kappa shape index (κ2) is 8.59. The highest BCUT2D eigenvalue weighted by molar-refractivity contribution is 5.42. The van der Waals surface area contributed by atoms with E-state index in [1.165, 1.54) is 18.3 Å². The number of aromatic nitrogens is 5. The summed E-state index contributed by atoms with van der Waals surface area (Å²) in [5.41, 5.74) is 0.938. The van der Waals surface area contributed by atoms with Gasteiger partial charge in [0.1, 0.15) is 24.1 Å².